The lowest BCUT2D eigenvalue weighted by Gasteiger charge is -2.08. The summed E-state index contributed by atoms with van der Waals surface area (Å²) in [4.78, 5) is 8.93. The molecule has 0 aliphatic carbocycles. The highest BCUT2D eigenvalue weighted by Crippen LogP contribution is 2.35. The summed E-state index contributed by atoms with van der Waals surface area (Å²) in [6.07, 6.45) is 5.79. The molecule has 4 nitrogen and oxygen atoms in total. The van der Waals surface area contributed by atoms with Crippen LogP contribution < -0.4 is 0 Å². The first-order valence-corrected chi connectivity index (χ1v) is 7.12. The maximum Gasteiger partial charge on any atom is 0.115 e. The third kappa shape index (κ3) is 2.00. The van der Waals surface area contributed by atoms with Gasteiger partial charge in [-0.3, -0.25) is 4.98 Å². The first-order valence-electron chi connectivity index (χ1n) is 7.12. The Balaban J connectivity index is 1.94. The second-order valence-electron chi connectivity index (χ2n) is 5.26. The molecule has 0 amide bonds. The van der Waals surface area contributed by atoms with Crippen LogP contribution in [-0.4, -0.2) is 19.6 Å². The molecular formula is C17H15N3O. The Morgan fingerprint density at radius 3 is 2.48 bits per heavy atom. The van der Waals surface area contributed by atoms with E-state index in [0.717, 1.165) is 47.7 Å². The molecule has 3 aromatic rings. The highest BCUT2D eigenvalue weighted by molar-refractivity contribution is 5.79. The van der Waals surface area contributed by atoms with Gasteiger partial charge in [-0.15, -0.1) is 0 Å². The fourth-order valence-electron chi connectivity index (χ4n) is 2.95. The van der Waals surface area contributed by atoms with Crippen molar-refractivity contribution in [1.29, 1.82) is 0 Å². The third-order valence-corrected chi connectivity index (χ3v) is 3.92. The fourth-order valence-corrected chi connectivity index (χ4v) is 2.95. The summed E-state index contributed by atoms with van der Waals surface area (Å²) < 4.78 is 2.30. The number of hydrogen-bond acceptors (Lipinski definition) is 3. The van der Waals surface area contributed by atoms with Crippen molar-refractivity contribution in [2.75, 3.05) is 0 Å². The predicted molar refractivity (Wildman–Crippen MR) is 80.9 cm³/mol. The standard InChI is InChI=1S/C17H15N3O/c21-14-5-3-12(4-6-14)16-17(13-7-9-18-10-8-13)20-11-1-2-15(20)19-16/h3-10,21H,1-2,11H2. The van der Waals surface area contributed by atoms with Crippen LogP contribution in [0, 0.1) is 0 Å². The van der Waals surface area contributed by atoms with Gasteiger partial charge in [0.05, 0.1) is 11.4 Å². The van der Waals surface area contributed by atoms with Gasteiger partial charge in [0.2, 0.25) is 0 Å². The number of hydrogen-bond donors (Lipinski definition) is 1. The molecule has 0 saturated heterocycles. The minimum atomic E-state index is 0.274. The minimum absolute atomic E-state index is 0.274. The van der Waals surface area contributed by atoms with Gasteiger partial charge >= 0.3 is 0 Å². The zero-order chi connectivity index (χ0) is 14.2. The lowest BCUT2D eigenvalue weighted by atomic mass is 10.1. The van der Waals surface area contributed by atoms with Crippen LogP contribution in [0.2, 0.25) is 0 Å². The van der Waals surface area contributed by atoms with Crippen molar-refractivity contribution in [3.05, 3.63) is 54.6 Å². The summed E-state index contributed by atoms with van der Waals surface area (Å²) in [5, 5.41) is 9.47. The Hall–Kier alpha value is -2.62. The summed E-state index contributed by atoms with van der Waals surface area (Å²) in [5.74, 6) is 1.42. The van der Waals surface area contributed by atoms with E-state index in [-0.39, 0.29) is 5.75 Å². The third-order valence-electron chi connectivity index (χ3n) is 3.92. The van der Waals surface area contributed by atoms with Gasteiger partial charge in [-0.1, -0.05) is 0 Å². The Kier molecular flexibility index (Phi) is 2.74. The van der Waals surface area contributed by atoms with Crippen molar-refractivity contribution < 1.29 is 5.11 Å². The molecule has 0 bridgehead atoms. The van der Waals surface area contributed by atoms with Gasteiger partial charge in [-0.2, -0.15) is 0 Å². The zero-order valence-electron chi connectivity index (χ0n) is 11.5. The average Bonchev–Trinajstić information content (AvgIpc) is 3.09. The van der Waals surface area contributed by atoms with Crippen LogP contribution in [0.3, 0.4) is 0 Å². The number of rotatable bonds is 2. The number of fused-ring (bicyclic) bond motifs is 1. The minimum Gasteiger partial charge on any atom is -0.508 e. The number of phenols is 1. The van der Waals surface area contributed by atoms with E-state index in [9.17, 15) is 5.11 Å². The Bertz CT molecular complexity index is 776. The molecule has 0 unspecified atom stereocenters. The van der Waals surface area contributed by atoms with E-state index in [4.69, 9.17) is 4.98 Å². The smallest absolute Gasteiger partial charge is 0.115 e. The van der Waals surface area contributed by atoms with Gasteiger partial charge in [-0.05, 0) is 42.8 Å². The topological polar surface area (TPSA) is 50.9 Å². The molecule has 3 heterocycles. The first-order chi connectivity index (χ1) is 10.3. The van der Waals surface area contributed by atoms with Gasteiger partial charge < -0.3 is 9.67 Å². The molecule has 21 heavy (non-hydrogen) atoms. The van der Waals surface area contributed by atoms with E-state index in [0.29, 0.717) is 0 Å². The molecule has 2 aromatic heterocycles. The molecule has 0 atom stereocenters. The number of aromatic nitrogens is 3. The van der Waals surface area contributed by atoms with Crippen molar-refractivity contribution in [3.63, 3.8) is 0 Å². The van der Waals surface area contributed by atoms with Crippen LogP contribution in [0.15, 0.2) is 48.8 Å². The number of imidazole rings is 1. The second kappa shape index (κ2) is 4.74. The number of phenolic OH excluding ortho intramolecular Hbond substituents is 1. The number of pyridine rings is 1. The molecule has 4 rings (SSSR count). The maximum absolute atomic E-state index is 9.47. The molecule has 1 aliphatic rings. The van der Waals surface area contributed by atoms with E-state index in [2.05, 4.69) is 9.55 Å². The van der Waals surface area contributed by atoms with Crippen LogP contribution in [0.5, 0.6) is 5.75 Å². The molecule has 0 saturated carbocycles. The summed E-state index contributed by atoms with van der Waals surface area (Å²) in [6.45, 7) is 1.01. The second-order valence-corrected chi connectivity index (χ2v) is 5.26. The van der Waals surface area contributed by atoms with Crippen LogP contribution in [0.4, 0.5) is 0 Å². The Morgan fingerprint density at radius 1 is 0.952 bits per heavy atom. The highest BCUT2D eigenvalue weighted by Gasteiger charge is 2.22. The number of benzene rings is 1. The Labute approximate surface area is 122 Å². The average molecular weight is 277 g/mol. The van der Waals surface area contributed by atoms with Crippen molar-refractivity contribution in [2.24, 2.45) is 0 Å². The number of aryl methyl sites for hydroxylation is 1. The number of nitrogens with zero attached hydrogens (tertiary/aromatic N) is 3. The molecule has 1 N–H and O–H groups in total. The normalized spacial score (nSPS) is 13.3. The van der Waals surface area contributed by atoms with Crippen LogP contribution in [0.1, 0.15) is 12.2 Å². The molecule has 4 heteroatoms. The quantitative estimate of drug-likeness (QED) is 0.782. The maximum atomic E-state index is 9.47. The lowest BCUT2D eigenvalue weighted by molar-refractivity contribution is 0.475. The molecule has 0 fully saturated rings. The SMILES string of the molecule is Oc1ccc(-c2nc3n(c2-c2ccncc2)CCC3)cc1. The molecule has 0 radical (unpaired) electrons. The van der Waals surface area contributed by atoms with E-state index in [1.165, 1.54) is 0 Å². The molecule has 1 aliphatic heterocycles. The van der Waals surface area contributed by atoms with Crippen molar-refractivity contribution in [3.8, 4) is 28.3 Å². The molecule has 104 valence electrons. The first kappa shape index (κ1) is 12.1. The largest absolute Gasteiger partial charge is 0.508 e. The number of aromatic hydroxyl groups is 1. The van der Waals surface area contributed by atoms with E-state index in [1.54, 1.807) is 12.1 Å². The fraction of sp³-hybridized carbons (Fsp3) is 0.176. The summed E-state index contributed by atoms with van der Waals surface area (Å²) in [7, 11) is 0. The van der Waals surface area contributed by atoms with Gasteiger partial charge in [0.25, 0.3) is 0 Å². The summed E-state index contributed by atoms with van der Waals surface area (Å²) in [5.41, 5.74) is 4.29. The summed E-state index contributed by atoms with van der Waals surface area (Å²) in [6, 6.07) is 11.3. The highest BCUT2D eigenvalue weighted by atomic mass is 16.3. The van der Waals surface area contributed by atoms with Crippen LogP contribution in [0.25, 0.3) is 22.5 Å². The van der Waals surface area contributed by atoms with Crippen molar-refractivity contribution in [2.45, 2.75) is 19.4 Å². The van der Waals surface area contributed by atoms with Gasteiger partial charge in [0, 0.05) is 36.5 Å². The zero-order valence-corrected chi connectivity index (χ0v) is 11.5. The van der Waals surface area contributed by atoms with Gasteiger partial charge in [-0.25, -0.2) is 4.98 Å². The van der Waals surface area contributed by atoms with Crippen molar-refractivity contribution >= 4 is 0 Å². The summed E-state index contributed by atoms with van der Waals surface area (Å²) >= 11 is 0. The Morgan fingerprint density at radius 2 is 1.71 bits per heavy atom. The predicted octanol–water partition coefficient (Wildman–Crippen LogP) is 3.26. The molecule has 0 spiro atoms. The molecular weight excluding hydrogens is 262 g/mol. The monoisotopic (exact) mass is 277 g/mol. The van der Waals surface area contributed by atoms with Gasteiger partial charge in [0.15, 0.2) is 0 Å². The van der Waals surface area contributed by atoms with Gasteiger partial charge in [0.1, 0.15) is 11.6 Å². The van der Waals surface area contributed by atoms with Crippen LogP contribution in [-0.2, 0) is 13.0 Å². The van der Waals surface area contributed by atoms with E-state index in [1.807, 2.05) is 36.7 Å². The van der Waals surface area contributed by atoms with E-state index >= 15 is 0 Å². The molecule has 1 aromatic carbocycles. The van der Waals surface area contributed by atoms with Crippen LogP contribution >= 0.6 is 0 Å². The van der Waals surface area contributed by atoms with Crippen molar-refractivity contribution in [1.82, 2.24) is 14.5 Å². The van der Waals surface area contributed by atoms with E-state index < -0.39 is 0 Å². The lowest BCUT2D eigenvalue weighted by Crippen LogP contribution is -1.96.